The second kappa shape index (κ2) is 3.89. The summed E-state index contributed by atoms with van der Waals surface area (Å²) in [6, 6.07) is 0. The fourth-order valence-corrected chi connectivity index (χ4v) is 2.78. The zero-order valence-corrected chi connectivity index (χ0v) is 9.20. The first-order chi connectivity index (χ1) is 6.70. The highest BCUT2D eigenvalue weighted by molar-refractivity contribution is 5.76. The van der Waals surface area contributed by atoms with E-state index in [1.165, 1.54) is 19.5 Å². The zero-order valence-electron chi connectivity index (χ0n) is 9.20. The van der Waals surface area contributed by atoms with Gasteiger partial charge in [-0.3, -0.25) is 4.79 Å². The molecule has 0 aromatic carbocycles. The average Bonchev–Trinajstić information content (AvgIpc) is 2.59. The van der Waals surface area contributed by atoms with Crippen LogP contribution in [0.25, 0.3) is 0 Å². The van der Waals surface area contributed by atoms with E-state index in [-0.39, 0.29) is 0 Å². The Kier molecular flexibility index (Phi) is 2.77. The Labute approximate surface area is 86.1 Å². The van der Waals surface area contributed by atoms with Crippen LogP contribution in [0.2, 0.25) is 0 Å². The predicted octanol–water partition coefficient (Wildman–Crippen LogP) is 0.806. The number of nitrogens with zero attached hydrogens (tertiary/aromatic N) is 2. The summed E-state index contributed by atoms with van der Waals surface area (Å²) in [5.41, 5.74) is 0. The molecule has 80 valence electrons. The van der Waals surface area contributed by atoms with Gasteiger partial charge in [0.25, 0.3) is 0 Å². The van der Waals surface area contributed by atoms with Crippen LogP contribution >= 0.6 is 0 Å². The lowest BCUT2D eigenvalue weighted by Gasteiger charge is -2.31. The van der Waals surface area contributed by atoms with Gasteiger partial charge in [0.15, 0.2) is 0 Å². The van der Waals surface area contributed by atoms with E-state index in [1.54, 1.807) is 0 Å². The second-order valence-corrected chi connectivity index (χ2v) is 4.72. The van der Waals surface area contributed by atoms with Crippen molar-refractivity contribution in [2.75, 3.05) is 33.2 Å². The van der Waals surface area contributed by atoms with Crippen LogP contribution in [0.1, 0.15) is 19.8 Å². The summed E-state index contributed by atoms with van der Waals surface area (Å²) in [7, 11) is 2.18. The van der Waals surface area contributed by atoms with Gasteiger partial charge in [-0.2, -0.15) is 0 Å². The Bertz CT molecular complexity index is 229. The molecule has 0 saturated carbocycles. The van der Waals surface area contributed by atoms with Crippen molar-refractivity contribution in [3.63, 3.8) is 0 Å². The number of carbonyl (C=O) groups excluding carboxylic acids is 1. The van der Waals surface area contributed by atoms with Gasteiger partial charge in [-0.1, -0.05) is 6.92 Å². The standard InChI is InChI=1S/C11H20N2O/c1-3-11(14)13-7-9-4-5-12(2)6-10(9)8-13/h9-10H,3-8H2,1-2H3. The maximum atomic E-state index is 11.6. The van der Waals surface area contributed by atoms with Crippen LogP contribution in [-0.4, -0.2) is 48.9 Å². The molecule has 2 aliphatic rings. The van der Waals surface area contributed by atoms with E-state index < -0.39 is 0 Å². The average molecular weight is 196 g/mol. The molecule has 0 aromatic heterocycles. The highest BCUT2D eigenvalue weighted by Gasteiger charge is 2.37. The van der Waals surface area contributed by atoms with Crippen molar-refractivity contribution in [1.82, 2.24) is 9.80 Å². The Morgan fingerprint density at radius 1 is 1.29 bits per heavy atom. The van der Waals surface area contributed by atoms with E-state index in [4.69, 9.17) is 0 Å². The monoisotopic (exact) mass is 196 g/mol. The molecule has 2 atom stereocenters. The quantitative estimate of drug-likeness (QED) is 0.619. The molecule has 0 aliphatic carbocycles. The number of amides is 1. The Balaban J connectivity index is 1.95. The lowest BCUT2D eigenvalue weighted by Crippen LogP contribution is -2.37. The molecule has 2 fully saturated rings. The first kappa shape index (κ1) is 9.97. The van der Waals surface area contributed by atoms with E-state index >= 15 is 0 Å². The number of hydrogen-bond acceptors (Lipinski definition) is 2. The third-order valence-electron chi connectivity index (χ3n) is 3.66. The second-order valence-electron chi connectivity index (χ2n) is 4.72. The first-order valence-electron chi connectivity index (χ1n) is 5.67. The molecule has 2 heterocycles. The zero-order chi connectivity index (χ0) is 10.1. The number of carbonyl (C=O) groups is 1. The molecule has 0 N–H and O–H groups in total. The van der Waals surface area contributed by atoms with E-state index in [2.05, 4.69) is 16.8 Å². The molecule has 1 amide bonds. The lowest BCUT2D eigenvalue weighted by molar-refractivity contribution is -0.130. The van der Waals surface area contributed by atoms with E-state index in [1.807, 2.05) is 6.92 Å². The number of rotatable bonds is 1. The summed E-state index contributed by atoms with van der Waals surface area (Å²) in [4.78, 5) is 16.0. The third kappa shape index (κ3) is 1.78. The summed E-state index contributed by atoms with van der Waals surface area (Å²) >= 11 is 0. The molecule has 0 radical (unpaired) electrons. The molecule has 14 heavy (non-hydrogen) atoms. The molecule has 3 nitrogen and oxygen atoms in total. The van der Waals surface area contributed by atoms with Gasteiger partial charge < -0.3 is 9.80 Å². The number of likely N-dealkylation sites (tertiary alicyclic amines) is 2. The fourth-order valence-electron chi connectivity index (χ4n) is 2.78. The predicted molar refractivity (Wildman–Crippen MR) is 56.0 cm³/mol. The van der Waals surface area contributed by atoms with Crippen LogP contribution in [0.4, 0.5) is 0 Å². The Morgan fingerprint density at radius 3 is 2.71 bits per heavy atom. The van der Waals surface area contributed by atoms with Crippen LogP contribution < -0.4 is 0 Å². The summed E-state index contributed by atoms with van der Waals surface area (Å²) in [6.45, 7) is 6.36. The smallest absolute Gasteiger partial charge is 0.222 e. The van der Waals surface area contributed by atoms with Crippen molar-refractivity contribution in [3.05, 3.63) is 0 Å². The molecular formula is C11H20N2O. The summed E-state index contributed by atoms with van der Waals surface area (Å²) in [5.74, 6) is 1.85. The van der Waals surface area contributed by atoms with Crippen molar-refractivity contribution >= 4 is 5.91 Å². The minimum absolute atomic E-state index is 0.335. The minimum atomic E-state index is 0.335. The molecule has 2 aliphatic heterocycles. The van der Waals surface area contributed by atoms with Crippen molar-refractivity contribution in [2.24, 2.45) is 11.8 Å². The van der Waals surface area contributed by atoms with Gasteiger partial charge in [-0.15, -0.1) is 0 Å². The Morgan fingerprint density at radius 2 is 2.00 bits per heavy atom. The summed E-state index contributed by atoms with van der Waals surface area (Å²) in [6.07, 6.45) is 1.93. The van der Waals surface area contributed by atoms with E-state index in [9.17, 15) is 4.79 Å². The SMILES string of the molecule is CCC(=O)N1CC2CCN(C)CC2C1. The van der Waals surface area contributed by atoms with Gasteiger partial charge in [0, 0.05) is 26.1 Å². The highest BCUT2D eigenvalue weighted by atomic mass is 16.2. The van der Waals surface area contributed by atoms with Crippen molar-refractivity contribution in [2.45, 2.75) is 19.8 Å². The van der Waals surface area contributed by atoms with Crippen LogP contribution in [0, 0.1) is 11.8 Å². The van der Waals surface area contributed by atoms with Crippen LogP contribution in [0.15, 0.2) is 0 Å². The number of piperidine rings is 1. The van der Waals surface area contributed by atoms with Gasteiger partial charge in [0.05, 0.1) is 0 Å². The lowest BCUT2D eigenvalue weighted by atomic mass is 9.89. The first-order valence-corrected chi connectivity index (χ1v) is 5.67. The number of hydrogen-bond donors (Lipinski definition) is 0. The molecule has 2 saturated heterocycles. The van der Waals surface area contributed by atoms with Gasteiger partial charge in [-0.25, -0.2) is 0 Å². The molecule has 0 aromatic rings. The van der Waals surface area contributed by atoms with Gasteiger partial charge in [0.2, 0.25) is 5.91 Å². The fraction of sp³-hybridized carbons (Fsp3) is 0.909. The third-order valence-corrected chi connectivity index (χ3v) is 3.66. The van der Waals surface area contributed by atoms with Crippen LogP contribution in [-0.2, 0) is 4.79 Å². The molecule has 0 spiro atoms. The minimum Gasteiger partial charge on any atom is -0.342 e. The van der Waals surface area contributed by atoms with Crippen molar-refractivity contribution in [3.8, 4) is 0 Å². The topological polar surface area (TPSA) is 23.6 Å². The summed E-state index contributed by atoms with van der Waals surface area (Å²) in [5, 5.41) is 0. The van der Waals surface area contributed by atoms with Crippen molar-refractivity contribution < 1.29 is 4.79 Å². The van der Waals surface area contributed by atoms with Crippen LogP contribution in [0.5, 0.6) is 0 Å². The molecule has 3 heteroatoms. The van der Waals surface area contributed by atoms with E-state index in [0.29, 0.717) is 12.3 Å². The van der Waals surface area contributed by atoms with Crippen LogP contribution in [0.3, 0.4) is 0 Å². The normalized spacial score (nSPS) is 33.1. The highest BCUT2D eigenvalue weighted by Crippen LogP contribution is 2.30. The van der Waals surface area contributed by atoms with Gasteiger partial charge in [0.1, 0.15) is 0 Å². The molecular weight excluding hydrogens is 176 g/mol. The molecule has 2 unspecified atom stereocenters. The van der Waals surface area contributed by atoms with Gasteiger partial charge in [-0.05, 0) is 31.8 Å². The van der Waals surface area contributed by atoms with Crippen molar-refractivity contribution in [1.29, 1.82) is 0 Å². The maximum Gasteiger partial charge on any atom is 0.222 e. The largest absolute Gasteiger partial charge is 0.342 e. The van der Waals surface area contributed by atoms with E-state index in [0.717, 1.165) is 24.9 Å². The number of fused-ring (bicyclic) bond motifs is 1. The molecule has 0 bridgehead atoms. The maximum absolute atomic E-state index is 11.6. The summed E-state index contributed by atoms with van der Waals surface area (Å²) < 4.78 is 0. The van der Waals surface area contributed by atoms with Gasteiger partial charge >= 0.3 is 0 Å². The molecule has 2 rings (SSSR count). The Hall–Kier alpha value is -0.570.